The molecule has 1 saturated heterocycles. The largest absolute Gasteiger partial charge is 0.178 e. The monoisotopic (exact) mass is 242 g/mol. The van der Waals surface area contributed by atoms with Gasteiger partial charge in [-0.15, -0.1) is 11.8 Å². The van der Waals surface area contributed by atoms with Crippen molar-refractivity contribution in [1.82, 2.24) is 0 Å². The van der Waals surface area contributed by atoms with Gasteiger partial charge in [-0.1, -0.05) is 30.3 Å². The number of rotatable bonds is 4. The Bertz CT molecular complexity index is 269. The first-order valence-electron chi connectivity index (χ1n) is 4.79. The average molecular weight is 242 g/mol. The summed E-state index contributed by atoms with van der Waals surface area (Å²) in [7, 11) is 0. The van der Waals surface area contributed by atoms with Crippen LogP contribution in [0.1, 0.15) is 10.8 Å². The van der Waals surface area contributed by atoms with E-state index in [0.29, 0.717) is 5.25 Å². The summed E-state index contributed by atoms with van der Waals surface area (Å²) in [6, 6.07) is 10.7. The second-order valence-corrected chi connectivity index (χ2v) is 6.33. The van der Waals surface area contributed by atoms with E-state index in [1.54, 1.807) is 0 Å². The van der Waals surface area contributed by atoms with Crippen LogP contribution < -0.4 is 0 Å². The van der Waals surface area contributed by atoms with Crippen molar-refractivity contribution in [2.45, 2.75) is 10.5 Å². The molecule has 3 heteroatoms. The van der Waals surface area contributed by atoms with Gasteiger partial charge in [0.1, 0.15) is 0 Å². The Kier molecular flexibility index (Phi) is 4.14. The molecule has 0 aromatic heterocycles. The van der Waals surface area contributed by atoms with Crippen LogP contribution in [0.25, 0.3) is 0 Å². The van der Waals surface area contributed by atoms with Gasteiger partial charge in [0.15, 0.2) is 0 Å². The Morgan fingerprint density at radius 2 is 2.07 bits per heavy atom. The van der Waals surface area contributed by atoms with Crippen molar-refractivity contribution >= 4 is 36.2 Å². The van der Waals surface area contributed by atoms with Crippen LogP contribution in [0.4, 0.5) is 0 Å². The maximum Gasteiger partial charge on any atom is 0.0388 e. The van der Waals surface area contributed by atoms with E-state index >= 15 is 0 Å². The molecular weight excluding hydrogens is 228 g/mol. The molecule has 0 saturated carbocycles. The summed E-state index contributed by atoms with van der Waals surface area (Å²) in [5.41, 5.74) is 1.42. The molecule has 1 aromatic rings. The lowest BCUT2D eigenvalue weighted by atomic mass is 10.2. The van der Waals surface area contributed by atoms with E-state index < -0.39 is 0 Å². The highest BCUT2D eigenvalue weighted by atomic mass is 32.2. The van der Waals surface area contributed by atoms with E-state index in [1.165, 1.54) is 17.1 Å². The van der Waals surface area contributed by atoms with Gasteiger partial charge in [-0.2, -0.15) is 24.4 Å². The molecule has 0 bridgehead atoms. The van der Waals surface area contributed by atoms with Crippen molar-refractivity contribution in [1.29, 1.82) is 0 Å². The number of thioether (sulfide) groups is 2. The second kappa shape index (κ2) is 5.38. The van der Waals surface area contributed by atoms with Crippen LogP contribution >= 0.6 is 36.2 Å². The molecule has 1 aliphatic heterocycles. The summed E-state index contributed by atoms with van der Waals surface area (Å²) in [6.07, 6.45) is 0. The third-order valence-electron chi connectivity index (χ3n) is 2.30. The second-order valence-electron chi connectivity index (χ2n) is 3.38. The van der Waals surface area contributed by atoms with Gasteiger partial charge in [-0.3, -0.25) is 0 Å². The predicted molar refractivity (Wildman–Crippen MR) is 71.7 cm³/mol. The lowest BCUT2D eigenvalue weighted by Crippen LogP contribution is -2.22. The molecule has 0 spiro atoms. The zero-order chi connectivity index (χ0) is 9.80. The van der Waals surface area contributed by atoms with Gasteiger partial charge in [0.25, 0.3) is 0 Å². The minimum atomic E-state index is 0.574. The molecule has 1 aliphatic rings. The summed E-state index contributed by atoms with van der Waals surface area (Å²) in [4.78, 5) is 0. The van der Waals surface area contributed by atoms with Crippen LogP contribution in [-0.2, 0) is 0 Å². The van der Waals surface area contributed by atoms with E-state index in [9.17, 15) is 0 Å². The average Bonchev–Trinajstić information content (AvgIpc) is 2.18. The van der Waals surface area contributed by atoms with Gasteiger partial charge in [0.2, 0.25) is 0 Å². The third kappa shape index (κ3) is 2.65. The molecule has 1 aromatic carbocycles. The highest BCUT2D eigenvalue weighted by Crippen LogP contribution is 2.39. The maximum atomic E-state index is 4.44. The molecule has 1 heterocycles. The fourth-order valence-electron chi connectivity index (χ4n) is 1.42. The molecule has 76 valence electrons. The predicted octanol–water partition coefficient (Wildman–Crippen LogP) is 3.51. The summed E-state index contributed by atoms with van der Waals surface area (Å²) in [6.45, 7) is 0. The zero-order valence-corrected chi connectivity index (χ0v) is 10.5. The smallest absolute Gasteiger partial charge is 0.0388 e. The van der Waals surface area contributed by atoms with E-state index in [0.717, 1.165) is 11.0 Å². The van der Waals surface area contributed by atoms with Gasteiger partial charge >= 0.3 is 0 Å². The summed E-state index contributed by atoms with van der Waals surface area (Å²) in [5, 5.41) is 1.43. The highest BCUT2D eigenvalue weighted by molar-refractivity contribution is 8.07. The summed E-state index contributed by atoms with van der Waals surface area (Å²) >= 11 is 8.57. The molecule has 0 aliphatic carbocycles. The fourth-order valence-corrected chi connectivity index (χ4v) is 4.39. The van der Waals surface area contributed by atoms with E-state index in [4.69, 9.17) is 0 Å². The summed E-state index contributed by atoms with van der Waals surface area (Å²) in [5.74, 6) is 3.58. The van der Waals surface area contributed by atoms with Crippen LogP contribution in [0.15, 0.2) is 30.3 Å². The molecule has 1 unspecified atom stereocenters. The molecule has 0 N–H and O–H groups in total. The Balaban J connectivity index is 1.98. The Morgan fingerprint density at radius 1 is 1.36 bits per heavy atom. The molecule has 2 rings (SSSR count). The lowest BCUT2D eigenvalue weighted by molar-refractivity contribution is 1.04. The first-order chi connectivity index (χ1) is 6.90. The van der Waals surface area contributed by atoms with E-state index in [-0.39, 0.29) is 0 Å². The van der Waals surface area contributed by atoms with E-state index in [2.05, 4.69) is 54.7 Å². The Labute approximate surface area is 99.7 Å². The first-order valence-corrected chi connectivity index (χ1v) is 7.52. The topological polar surface area (TPSA) is 0 Å². The Hall–Kier alpha value is 0.270. The van der Waals surface area contributed by atoms with E-state index in [1.807, 2.05) is 11.8 Å². The Morgan fingerprint density at radius 3 is 2.57 bits per heavy atom. The van der Waals surface area contributed by atoms with Gasteiger partial charge in [0, 0.05) is 27.8 Å². The SMILES string of the molecule is SCC(SC1CSC1)c1ccccc1. The normalized spacial score (nSPS) is 18.9. The highest BCUT2D eigenvalue weighted by Gasteiger charge is 2.23. The quantitative estimate of drug-likeness (QED) is 0.803. The van der Waals surface area contributed by atoms with Crippen molar-refractivity contribution in [3.8, 4) is 0 Å². The molecule has 1 fully saturated rings. The van der Waals surface area contributed by atoms with Crippen molar-refractivity contribution in [3.05, 3.63) is 35.9 Å². The molecule has 14 heavy (non-hydrogen) atoms. The van der Waals surface area contributed by atoms with Crippen LogP contribution in [-0.4, -0.2) is 22.5 Å². The fraction of sp³-hybridized carbons (Fsp3) is 0.455. The van der Waals surface area contributed by atoms with Gasteiger partial charge in [-0.05, 0) is 5.56 Å². The van der Waals surface area contributed by atoms with Gasteiger partial charge in [0.05, 0.1) is 0 Å². The van der Waals surface area contributed by atoms with Crippen LogP contribution in [0, 0.1) is 0 Å². The van der Waals surface area contributed by atoms with Gasteiger partial charge < -0.3 is 0 Å². The van der Waals surface area contributed by atoms with Crippen LogP contribution in [0.5, 0.6) is 0 Å². The molecule has 0 amide bonds. The first kappa shape index (κ1) is 10.8. The van der Waals surface area contributed by atoms with Crippen molar-refractivity contribution in [3.63, 3.8) is 0 Å². The molecular formula is C11H14S3. The lowest BCUT2D eigenvalue weighted by Gasteiger charge is -2.28. The molecule has 1 atom stereocenters. The zero-order valence-electron chi connectivity index (χ0n) is 7.93. The van der Waals surface area contributed by atoms with Gasteiger partial charge in [-0.25, -0.2) is 0 Å². The minimum absolute atomic E-state index is 0.574. The number of hydrogen-bond acceptors (Lipinski definition) is 3. The third-order valence-corrected chi connectivity index (χ3v) is 6.10. The number of benzene rings is 1. The van der Waals surface area contributed by atoms with Crippen molar-refractivity contribution < 1.29 is 0 Å². The number of thiol groups is 1. The van der Waals surface area contributed by atoms with Crippen LogP contribution in [0.2, 0.25) is 0 Å². The van der Waals surface area contributed by atoms with Crippen molar-refractivity contribution in [2.24, 2.45) is 0 Å². The number of hydrogen-bond donors (Lipinski definition) is 1. The van der Waals surface area contributed by atoms with Crippen LogP contribution in [0.3, 0.4) is 0 Å². The maximum absolute atomic E-state index is 4.44. The standard InChI is InChI=1S/C11H14S3/c12-6-11(14-10-7-13-8-10)9-4-2-1-3-5-9/h1-5,10-12H,6-8H2. The molecule has 0 radical (unpaired) electrons. The summed E-state index contributed by atoms with van der Waals surface area (Å²) < 4.78 is 0. The molecule has 0 nitrogen and oxygen atoms in total. The van der Waals surface area contributed by atoms with Crippen molar-refractivity contribution in [2.75, 3.05) is 17.3 Å². The minimum Gasteiger partial charge on any atom is -0.178 e.